The van der Waals surface area contributed by atoms with Gasteiger partial charge in [0.25, 0.3) is 0 Å². The summed E-state index contributed by atoms with van der Waals surface area (Å²) in [5.41, 5.74) is -7.76. The molecule has 0 fully saturated rings. The van der Waals surface area contributed by atoms with Crippen molar-refractivity contribution in [3.05, 3.63) is 69.2 Å². The Bertz CT molecular complexity index is 1350. The third-order valence-electron chi connectivity index (χ3n) is 5.21. The molecule has 0 aliphatic rings. The largest absolute Gasteiger partial charge is 0.444 e. The van der Waals surface area contributed by atoms with Gasteiger partial charge in [-0.3, -0.25) is 0 Å². The zero-order valence-corrected chi connectivity index (χ0v) is 22.6. The van der Waals surface area contributed by atoms with Gasteiger partial charge in [0.2, 0.25) is 0 Å². The Kier molecular flexibility index (Phi) is 8.34. The monoisotopic (exact) mass is 647 g/mol. The van der Waals surface area contributed by atoms with Crippen molar-refractivity contribution in [3.63, 3.8) is 0 Å². The van der Waals surface area contributed by atoms with Crippen LogP contribution in [-0.4, -0.2) is 33.8 Å². The maximum Gasteiger partial charge on any atom is 0.435 e. The number of alkyl carbamates (subject to hydrolysis) is 1. The van der Waals surface area contributed by atoms with Crippen molar-refractivity contribution in [1.82, 2.24) is 15.1 Å². The van der Waals surface area contributed by atoms with E-state index in [-0.39, 0.29) is 18.7 Å². The van der Waals surface area contributed by atoms with Crippen LogP contribution in [0.25, 0.3) is 16.8 Å². The molecule has 39 heavy (non-hydrogen) atoms. The zero-order chi connectivity index (χ0) is 29.6. The van der Waals surface area contributed by atoms with Gasteiger partial charge >= 0.3 is 24.1 Å². The molecule has 3 aromatic rings. The minimum absolute atomic E-state index is 0.0131. The van der Waals surface area contributed by atoms with Crippen LogP contribution in [0.3, 0.4) is 0 Å². The first-order chi connectivity index (χ1) is 17.7. The Balaban J connectivity index is 1.94. The molecule has 0 aliphatic heterocycles. The smallest absolute Gasteiger partial charge is 0.435 e. The number of carbonyl (C=O) groups is 1. The van der Waals surface area contributed by atoms with Gasteiger partial charge in [-0.15, -0.1) is 0 Å². The summed E-state index contributed by atoms with van der Waals surface area (Å²) in [4.78, 5) is 11.9. The lowest BCUT2D eigenvalue weighted by atomic mass is 9.94. The second-order valence-electron chi connectivity index (χ2n) is 9.28. The van der Waals surface area contributed by atoms with E-state index in [4.69, 9.17) is 16.3 Å². The summed E-state index contributed by atoms with van der Waals surface area (Å²) in [5, 5.41) is 6.77. The summed E-state index contributed by atoms with van der Waals surface area (Å²) in [6, 6.07) is 4.69. The van der Waals surface area contributed by atoms with Crippen LogP contribution in [-0.2, 0) is 17.0 Å². The summed E-state index contributed by atoms with van der Waals surface area (Å²) < 4.78 is 113. The molecule has 1 N–H and O–H groups in total. The molecule has 0 aliphatic carbocycles. The highest BCUT2D eigenvalue weighted by Crippen LogP contribution is 2.54. The number of alkyl halides is 7. The van der Waals surface area contributed by atoms with Gasteiger partial charge in [0, 0.05) is 33.4 Å². The van der Waals surface area contributed by atoms with Crippen molar-refractivity contribution in [1.29, 1.82) is 0 Å². The van der Waals surface area contributed by atoms with Crippen LogP contribution in [0.2, 0.25) is 5.02 Å². The average Bonchev–Trinajstić information content (AvgIpc) is 3.24. The van der Waals surface area contributed by atoms with E-state index in [0.717, 1.165) is 4.68 Å². The van der Waals surface area contributed by atoms with Gasteiger partial charge in [-0.1, -0.05) is 17.7 Å². The van der Waals surface area contributed by atoms with Crippen molar-refractivity contribution in [2.24, 2.45) is 0 Å². The first kappa shape index (κ1) is 30.7. The van der Waals surface area contributed by atoms with E-state index in [0.29, 0.717) is 21.7 Å². The molecule has 212 valence electrons. The van der Waals surface area contributed by atoms with Crippen LogP contribution in [0, 0.1) is 5.82 Å². The number of hydrogen-bond acceptors (Lipinski definition) is 3. The summed E-state index contributed by atoms with van der Waals surface area (Å²) in [7, 11) is 0. The van der Waals surface area contributed by atoms with Crippen LogP contribution in [0.4, 0.5) is 39.9 Å². The molecule has 1 aromatic heterocycles. The van der Waals surface area contributed by atoms with E-state index in [1.807, 2.05) is 0 Å². The van der Waals surface area contributed by atoms with Gasteiger partial charge in [0.05, 0.1) is 6.20 Å². The van der Waals surface area contributed by atoms with E-state index in [2.05, 4.69) is 26.3 Å². The van der Waals surface area contributed by atoms with Crippen molar-refractivity contribution in [2.45, 2.75) is 50.9 Å². The van der Waals surface area contributed by atoms with Crippen molar-refractivity contribution >= 4 is 33.6 Å². The Labute approximate surface area is 230 Å². The quantitative estimate of drug-likeness (QED) is 0.283. The summed E-state index contributed by atoms with van der Waals surface area (Å²) in [5.74, 6) is -1.59. The van der Waals surface area contributed by atoms with Gasteiger partial charge in [-0.2, -0.15) is 31.4 Å². The average molecular weight is 649 g/mol. The fraction of sp³-hybridized carbons (Fsp3) is 0.333. The van der Waals surface area contributed by atoms with E-state index in [1.165, 1.54) is 18.5 Å². The van der Waals surface area contributed by atoms with Crippen LogP contribution < -0.4 is 5.32 Å². The fourth-order valence-corrected chi connectivity index (χ4v) is 4.24. The van der Waals surface area contributed by atoms with Crippen molar-refractivity contribution in [3.8, 4) is 16.8 Å². The molecule has 0 unspecified atom stereocenters. The van der Waals surface area contributed by atoms with Crippen LogP contribution >= 0.6 is 27.5 Å². The summed E-state index contributed by atoms with van der Waals surface area (Å²) in [6.07, 6.45) is -11.0. The summed E-state index contributed by atoms with van der Waals surface area (Å²) in [6.45, 7) is 5.05. The Morgan fingerprint density at radius 1 is 1.03 bits per heavy atom. The molecule has 0 atom stereocenters. The third kappa shape index (κ3) is 6.48. The zero-order valence-electron chi connectivity index (χ0n) is 20.2. The number of benzene rings is 2. The number of halogens is 10. The van der Waals surface area contributed by atoms with Gasteiger partial charge in [0.15, 0.2) is 0 Å². The van der Waals surface area contributed by atoms with Gasteiger partial charge in [-0.05, 0) is 72.1 Å². The second kappa shape index (κ2) is 10.6. The number of aromatic nitrogens is 2. The number of carbonyl (C=O) groups excluding carboxylic acids is 1. The molecule has 5 nitrogen and oxygen atoms in total. The van der Waals surface area contributed by atoms with E-state index >= 15 is 0 Å². The van der Waals surface area contributed by atoms with E-state index in [9.17, 15) is 39.9 Å². The highest BCUT2D eigenvalue weighted by Gasteiger charge is 2.73. The minimum Gasteiger partial charge on any atom is -0.444 e. The van der Waals surface area contributed by atoms with Crippen LogP contribution in [0.15, 0.2) is 47.2 Å². The lowest BCUT2D eigenvalue weighted by Gasteiger charge is -2.30. The number of ether oxygens (including phenoxy) is 1. The maximum atomic E-state index is 14.9. The highest BCUT2D eigenvalue weighted by atomic mass is 79.9. The van der Waals surface area contributed by atoms with Gasteiger partial charge in [0.1, 0.15) is 17.1 Å². The van der Waals surface area contributed by atoms with Gasteiger partial charge in [-0.25, -0.2) is 18.3 Å². The molecule has 0 radical (unpaired) electrons. The SMILES string of the molecule is CC(C)(C)OC(=O)NCc1cc(-c2cnn(-c3c(F)cc(C(F)(C(F)(F)F)C(F)(F)F)cc3Br)c2)ccc1Cl. The molecule has 1 heterocycles. The first-order valence-electron chi connectivity index (χ1n) is 10.9. The normalized spacial score (nSPS) is 12.9. The molecule has 0 saturated carbocycles. The number of hydrogen-bond donors (Lipinski definition) is 1. The third-order valence-corrected chi connectivity index (χ3v) is 6.18. The van der Waals surface area contributed by atoms with Crippen molar-refractivity contribution in [2.75, 3.05) is 0 Å². The molecule has 0 saturated heterocycles. The molecule has 2 aromatic carbocycles. The molecule has 0 bridgehead atoms. The molecule has 0 spiro atoms. The van der Waals surface area contributed by atoms with E-state index in [1.54, 1.807) is 32.9 Å². The molecular formula is C24H19BrClF8N3O2. The second-order valence-corrected chi connectivity index (χ2v) is 10.5. The Morgan fingerprint density at radius 2 is 1.64 bits per heavy atom. The van der Waals surface area contributed by atoms with Crippen molar-refractivity contribution < 1.29 is 44.7 Å². The Morgan fingerprint density at radius 3 is 2.18 bits per heavy atom. The standard InChI is InChI=1S/C24H19BrClF8N3O2/c1-21(2,3)39-20(38)35-9-13-6-12(4-5-17(13)26)14-10-36-37(11-14)19-16(25)7-15(8-18(19)27)22(28,23(29,30)31)24(32,33)34/h4-8,10-11H,9H2,1-3H3,(H,35,38). The Hall–Kier alpha value is -2.87. The van der Waals surface area contributed by atoms with Gasteiger partial charge < -0.3 is 10.1 Å². The molecule has 1 amide bonds. The van der Waals surface area contributed by atoms with E-state index < -0.39 is 51.3 Å². The predicted molar refractivity (Wildman–Crippen MR) is 130 cm³/mol. The lowest BCUT2D eigenvalue weighted by Crippen LogP contribution is -2.50. The molecular weight excluding hydrogens is 630 g/mol. The maximum absolute atomic E-state index is 14.9. The minimum atomic E-state index is -6.40. The topological polar surface area (TPSA) is 56.1 Å². The van der Waals surface area contributed by atoms with Crippen LogP contribution in [0.1, 0.15) is 31.9 Å². The number of rotatable bonds is 5. The lowest BCUT2D eigenvalue weighted by molar-refractivity contribution is -0.348. The number of nitrogens with one attached hydrogen (secondary N) is 1. The first-order valence-corrected chi connectivity index (χ1v) is 12.0. The number of nitrogens with zero attached hydrogens (tertiary/aromatic N) is 2. The fourth-order valence-electron chi connectivity index (χ4n) is 3.44. The molecule has 15 heteroatoms. The summed E-state index contributed by atoms with van der Waals surface area (Å²) >= 11 is 8.93. The number of amides is 1. The van der Waals surface area contributed by atoms with Crippen LogP contribution in [0.5, 0.6) is 0 Å². The highest BCUT2D eigenvalue weighted by molar-refractivity contribution is 9.10. The predicted octanol–water partition coefficient (Wildman–Crippen LogP) is 8.41. The molecule has 3 rings (SSSR count).